The zero-order valence-electron chi connectivity index (χ0n) is 16.7. The van der Waals surface area contributed by atoms with Gasteiger partial charge in [0.25, 0.3) is 0 Å². The molecule has 1 aliphatic rings. The zero-order chi connectivity index (χ0) is 20.5. The van der Waals surface area contributed by atoms with Gasteiger partial charge in [0.2, 0.25) is 0 Å². The molecule has 4 nitrogen and oxygen atoms in total. The average molecular weight is 425 g/mol. The summed E-state index contributed by atoms with van der Waals surface area (Å²) < 4.78 is 0. The molecule has 1 aromatic rings. The summed E-state index contributed by atoms with van der Waals surface area (Å²) in [4.78, 5) is 13.2. The molecule has 0 saturated heterocycles. The predicted octanol–water partition coefficient (Wildman–Crippen LogP) is 4.37. The fraction of sp³-hybridized carbons (Fsp3) is 0.591. The Hall–Kier alpha value is -1.08. The largest absolute Gasteiger partial charge is 0.481 e. The van der Waals surface area contributed by atoms with Crippen molar-refractivity contribution in [2.75, 3.05) is 11.5 Å². The molecule has 0 aliphatic heterocycles. The quantitative estimate of drug-likeness (QED) is 0.363. The maximum atomic E-state index is 10.5. The number of carbonyl (C=O) groups is 1. The number of thiophene rings is 1. The highest BCUT2D eigenvalue weighted by Gasteiger charge is 2.32. The highest BCUT2D eigenvalue weighted by molar-refractivity contribution is 8.00. The van der Waals surface area contributed by atoms with Crippen LogP contribution in [0.2, 0.25) is 0 Å². The molecule has 156 valence electrons. The monoisotopic (exact) mass is 424 g/mol. The lowest BCUT2D eigenvalue weighted by atomic mass is 9.90. The van der Waals surface area contributed by atoms with E-state index in [1.54, 1.807) is 11.3 Å². The normalized spacial score (nSPS) is 23.8. The van der Waals surface area contributed by atoms with E-state index >= 15 is 0 Å². The van der Waals surface area contributed by atoms with Crippen molar-refractivity contribution < 1.29 is 20.1 Å². The third-order valence-corrected chi connectivity index (χ3v) is 7.43. The molecule has 1 heterocycles. The maximum Gasteiger partial charge on any atom is 0.313 e. The minimum atomic E-state index is -0.794. The van der Waals surface area contributed by atoms with Crippen molar-refractivity contribution in [2.45, 2.75) is 58.2 Å². The SMILES string of the molecule is Cc1cc(CC[C@H](O)/C=C/[C@H]2CCC(O)[C@@H]2C/C=C\CSCC(=O)O)sc1C. The van der Waals surface area contributed by atoms with Crippen molar-refractivity contribution >= 4 is 29.1 Å². The molecule has 1 unspecified atom stereocenters. The first kappa shape index (κ1) is 23.2. The summed E-state index contributed by atoms with van der Waals surface area (Å²) in [5.41, 5.74) is 1.32. The number of carboxylic acids is 1. The van der Waals surface area contributed by atoms with E-state index in [9.17, 15) is 15.0 Å². The second-order valence-corrected chi connectivity index (χ2v) is 9.90. The molecule has 0 radical (unpaired) electrons. The highest BCUT2D eigenvalue weighted by Crippen LogP contribution is 2.36. The summed E-state index contributed by atoms with van der Waals surface area (Å²) in [6.45, 7) is 4.25. The van der Waals surface area contributed by atoms with Crippen LogP contribution in [-0.2, 0) is 11.2 Å². The number of aliphatic hydroxyl groups excluding tert-OH is 2. The lowest BCUT2D eigenvalue weighted by Crippen LogP contribution is -2.17. The lowest BCUT2D eigenvalue weighted by molar-refractivity contribution is -0.133. The van der Waals surface area contributed by atoms with E-state index in [2.05, 4.69) is 26.0 Å². The average Bonchev–Trinajstić information content (AvgIpc) is 3.16. The summed E-state index contributed by atoms with van der Waals surface area (Å²) in [5.74, 6) is 0.456. The minimum Gasteiger partial charge on any atom is -0.481 e. The second-order valence-electron chi connectivity index (χ2n) is 7.53. The van der Waals surface area contributed by atoms with Crippen LogP contribution in [0.5, 0.6) is 0 Å². The molecule has 0 spiro atoms. The molecule has 28 heavy (non-hydrogen) atoms. The number of thioether (sulfide) groups is 1. The van der Waals surface area contributed by atoms with Crippen LogP contribution in [0, 0.1) is 25.7 Å². The third kappa shape index (κ3) is 7.74. The van der Waals surface area contributed by atoms with Crippen LogP contribution in [0.25, 0.3) is 0 Å². The van der Waals surface area contributed by atoms with Crippen LogP contribution in [0.4, 0.5) is 0 Å². The summed E-state index contributed by atoms with van der Waals surface area (Å²) in [6, 6.07) is 2.21. The van der Waals surface area contributed by atoms with E-state index in [1.807, 2.05) is 18.2 Å². The molecular weight excluding hydrogens is 392 g/mol. The fourth-order valence-corrected chi connectivity index (χ4v) is 5.25. The van der Waals surface area contributed by atoms with Gasteiger partial charge in [0.05, 0.1) is 18.0 Å². The van der Waals surface area contributed by atoms with E-state index in [-0.39, 0.29) is 23.7 Å². The van der Waals surface area contributed by atoms with Gasteiger partial charge in [-0.1, -0.05) is 24.3 Å². The van der Waals surface area contributed by atoms with Crippen LogP contribution in [0.15, 0.2) is 30.4 Å². The predicted molar refractivity (Wildman–Crippen MR) is 118 cm³/mol. The molecule has 6 heteroatoms. The van der Waals surface area contributed by atoms with E-state index < -0.39 is 12.1 Å². The fourth-order valence-electron chi connectivity index (χ4n) is 3.61. The Morgan fingerprint density at radius 1 is 1.36 bits per heavy atom. The molecule has 0 amide bonds. The van der Waals surface area contributed by atoms with Crippen molar-refractivity contribution in [1.29, 1.82) is 0 Å². The lowest BCUT2D eigenvalue weighted by Gasteiger charge is -2.18. The summed E-state index contributed by atoms with van der Waals surface area (Å²) in [6.07, 6.45) is 11.4. The second kappa shape index (κ2) is 11.8. The van der Waals surface area contributed by atoms with Gasteiger partial charge in [-0.2, -0.15) is 0 Å². The first-order chi connectivity index (χ1) is 13.4. The van der Waals surface area contributed by atoms with Gasteiger partial charge < -0.3 is 15.3 Å². The molecule has 1 aliphatic carbocycles. The Labute approximate surface area is 176 Å². The number of hydrogen-bond donors (Lipinski definition) is 3. The number of allylic oxidation sites excluding steroid dienone is 2. The number of aliphatic carboxylic acids is 1. The number of hydrogen-bond acceptors (Lipinski definition) is 5. The van der Waals surface area contributed by atoms with Crippen LogP contribution in [0.3, 0.4) is 0 Å². The maximum absolute atomic E-state index is 10.5. The van der Waals surface area contributed by atoms with E-state index in [4.69, 9.17) is 5.11 Å². The zero-order valence-corrected chi connectivity index (χ0v) is 18.3. The Morgan fingerprint density at radius 3 is 2.82 bits per heavy atom. The molecule has 1 aromatic heterocycles. The van der Waals surface area contributed by atoms with Gasteiger partial charge in [0, 0.05) is 15.5 Å². The summed E-state index contributed by atoms with van der Waals surface area (Å²) >= 11 is 3.18. The van der Waals surface area contributed by atoms with Gasteiger partial charge >= 0.3 is 5.97 Å². The van der Waals surface area contributed by atoms with Crippen LogP contribution >= 0.6 is 23.1 Å². The number of rotatable bonds is 11. The van der Waals surface area contributed by atoms with E-state index in [1.165, 1.54) is 27.1 Å². The summed E-state index contributed by atoms with van der Waals surface area (Å²) in [7, 11) is 0. The first-order valence-electron chi connectivity index (χ1n) is 9.91. The molecule has 3 N–H and O–H groups in total. The van der Waals surface area contributed by atoms with Gasteiger partial charge in [0.1, 0.15) is 0 Å². The highest BCUT2D eigenvalue weighted by atomic mass is 32.2. The molecule has 0 bridgehead atoms. The summed E-state index contributed by atoms with van der Waals surface area (Å²) in [5, 5.41) is 29.2. The molecule has 4 atom stereocenters. The topological polar surface area (TPSA) is 77.8 Å². The van der Waals surface area contributed by atoms with Crippen molar-refractivity contribution in [1.82, 2.24) is 0 Å². The van der Waals surface area contributed by atoms with Gasteiger partial charge in [-0.3, -0.25) is 4.79 Å². The van der Waals surface area contributed by atoms with Gasteiger partial charge in [-0.05, 0) is 69.4 Å². The van der Waals surface area contributed by atoms with Crippen molar-refractivity contribution in [3.8, 4) is 0 Å². The minimum absolute atomic E-state index is 0.115. The third-order valence-electron chi connectivity index (χ3n) is 5.34. The standard InChI is InChI=1S/C22H32O4S2/c1-15-13-19(28-16(15)2)10-9-18(23)8-6-17-7-11-21(24)20(17)5-3-4-12-27-14-22(25)26/h3-4,6,8,13,17-18,20-21,23-24H,5,7,9-12,14H2,1-2H3,(H,25,26)/b4-3-,8-6+/t17-,18+,20+,21?/m0/s1. The number of aliphatic hydroxyl groups is 2. The Balaban J connectivity index is 1.76. The molecular formula is C22H32O4S2. The number of aryl methyl sites for hydroxylation is 3. The van der Waals surface area contributed by atoms with E-state index in [0.29, 0.717) is 5.75 Å². The van der Waals surface area contributed by atoms with Crippen molar-refractivity contribution in [3.63, 3.8) is 0 Å². The Morgan fingerprint density at radius 2 is 2.14 bits per heavy atom. The van der Waals surface area contributed by atoms with Crippen LogP contribution in [-0.4, -0.2) is 45.0 Å². The Bertz CT molecular complexity index is 661. The molecule has 0 aromatic carbocycles. The van der Waals surface area contributed by atoms with Gasteiger partial charge in [-0.25, -0.2) is 0 Å². The van der Waals surface area contributed by atoms with E-state index in [0.717, 1.165) is 32.1 Å². The van der Waals surface area contributed by atoms with Crippen LogP contribution < -0.4 is 0 Å². The Kier molecular flexibility index (Phi) is 9.79. The van der Waals surface area contributed by atoms with Crippen molar-refractivity contribution in [2.24, 2.45) is 11.8 Å². The van der Waals surface area contributed by atoms with Crippen molar-refractivity contribution in [3.05, 3.63) is 45.7 Å². The molecule has 1 fully saturated rings. The number of carboxylic acid groups (broad SMARTS) is 1. The van der Waals surface area contributed by atoms with Gasteiger partial charge in [-0.15, -0.1) is 23.1 Å². The van der Waals surface area contributed by atoms with Crippen LogP contribution in [0.1, 0.15) is 41.0 Å². The molecule has 2 rings (SSSR count). The first-order valence-corrected chi connectivity index (χ1v) is 11.9. The smallest absolute Gasteiger partial charge is 0.313 e. The molecule has 1 saturated carbocycles. The van der Waals surface area contributed by atoms with Gasteiger partial charge in [0.15, 0.2) is 0 Å².